The third-order valence-corrected chi connectivity index (χ3v) is 4.26. The van der Waals surface area contributed by atoms with Gasteiger partial charge in [0, 0.05) is 37.3 Å². The van der Waals surface area contributed by atoms with Crippen molar-refractivity contribution in [2.75, 3.05) is 13.6 Å². The Morgan fingerprint density at radius 2 is 2.00 bits per heavy atom. The molecule has 1 aromatic rings. The van der Waals surface area contributed by atoms with E-state index in [1.807, 2.05) is 24.0 Å². The largest absolute Gasteiger partial charge is 0.355 e. The summed E-state index contributed by atoms with van der Waals surface area (Å²) in [5, 5.41) is 2.58. The lowest BCUT2D eigenvalue weighted by Crippen LogP contribution is -2.51. The van der Waals surface area contributed by atoms with Crippen LogP contribution >= 0.6 is 0 Å². The van der Waals surface area contributed by atoms with Crippen molar-refractivity contribution in [3.63, 3.8) is 0 Å². The zero-order valence-electron chi connectivity index (χ0n) is 13.8. The second kappa shape index (κ2) is 7.92. The molecular formula is C18H25N3O2. The third kappa shape index (κ3) is 4.42. The molecule has 0 radical (unpaired) electrons. The average Bonchev–Trinajstić information content (AvgIpc) is 2.59. The Morgan fingerprint density at radius 1 is 1.30 bits per heavy atom. The number of hydrogen-bond acceptors (Lipinski definition) is 3. The first-order valence-corrected chi connectivity index (χ1v) is 8.09. The molecule has 1 aromatic carbocycles. The minimum atomic E-state index is -0.121. The number of likely N-dealkylation sites (tertiary alicyclic amines) is 1. The SMILES string of the molecule is CNC(=O)c1ccc(C=CC(=O)N2CCCCC2C(C)N)cc1. The number of piperidine rings is 1. The Bertz CT molecular complexity index is 578. The molecule has 1 aliphatic heterocycles. The van der Waals surface area contributed by atoms with Crippen LogP contribution in [-0.2, 0) is 4.79 Å². The predicted molar refractivity (Wildman–Crippen MR) is 91.9 cm³/mol. The van der Waals surface area contributed by atoms with E-state index in [9.17, 15) is 9.59 Å². The van der Waals surface area contributed by atoms with Crippen LogP contribution in [0.1, 0.15) is 42.1 Å². The Labute approximate surface area is 137 Å². The summed E-state index contributed by atoms with van der Waals surface area (Å²) in [5.74, 6) is -0.118. The summed E-state index contributed by atoms with van der Waals surface area (Å²) in [7, 11) is 1.60. The highest BCUT2D eigenvalue weighted by molar-refractivity contribution is 5.95. The van der Waals surface area contributed by atoms with Gasteiger partial charge in [-0.25, -0.2) is 0 Å². The van der Waals surface area contributed by atoms with Gasteiger partial charge in [0.2, 0.25) is 5.91 Å². The van der Waals surface area contributed by atoms with Gasteiger partial charge < -0.3 is 16.0 Å². The fourth-order valence-electron chi connectivity index (χ4n) is 2.93. The maximum Gasteiger partial charge on any atom is 0.251 e. The van der Waals surface area contributed by atoms with Crippen molar-refractivity contribution in [2.24, 2.45) is 5.73 Å². The van der Waals surface area contributed by atoms with Crippen LogP contribution in [0.4, 0.5) is 0 Å². The fraction of sp³-hybridized carbons (Fsp3) is 0.444. The van der Waals surface area contributed by atoms with E-state index < -0.39 is 0 Å². The minimum absolute atomic E-state index is 0.00220. The molecule has 0 aliphatic carbocycles. The van der Waals surface area contributed by atoms with E-state index in [0.717, 1.165) is 31.4 Å². The van der Waals surface area contributed by atoms with Gasteiger partial charge >= 0.3 is 0 Å². The number of rotatable bonds is 4. The van der Waals surface area contributed by atoms with Crippen LogP contribution in [0.15, 0.2) is 30.3 Å². The second-order valence-electron chi connectivity index (χ2n) is 5.99. The Kier molecular flexibility index (Phi) is 5.93. The standard InChI is InChI=1S/C18H25N3O2/c1-13(19)16-5-3-4-12-21(16)17(22)11-8-14-6-9-15(10-7-14)18(23)20-2/h6-11,13,16H,3-5,12,19H2,1-2H3,(H,20,23). The van der Waals surface area contributed by atoms with Gasteiger partial charge in [0.05, 0.1) is 0 Å². The van der Waals surface area contributed by atoms with Crippen molar-refractivity contribution in [2.45, 2.75) is 38.3 Å². The highest BCUT2D eigenvalue weighted by atomic mass is 16.2. The van der Waals surface area contributed by atoms with Crippen molar-refractivity contribution in [3.05, 3.63) is 41.5 Å². The van der Waals surface area contributed by atoms with Crippen molar-refractivity contribution in [3.8, 4) is 0 Å². The summed E-state index contributed by atoms with van der Waals surface area (Å²) in [6.45, 7) is 2.72. The van der Waals surface area contributed by atoms with Gasteiger partial charge in [0.25, 0.3) is 5.91 Å². The molecular weight excluding hydrogens is 290 g/mol. The van der Waals surface area contributed by atoms with Crippen LogP contribution in [0.5, 0.6) is 0 Å². The average molecular weight is 315 g/mol. The monoisotopic (exact) mass is 315 g/mol. The summed E-state index contributed by atoms with van der Waals surface area (Å²) < 4.78 is 0. The summed E-state index contributed by atoms with van der Waals surface area (Å²) >= 11 is 0. The summed E-state index contributed by atoms with van der Waals surface area (Å²) in [5.41, 5.74) is 7.50. The molecule has 2 atom stereocenters. The van der Waals surface area contributed by atoms with Crippen molar-refractivity contribution in [1.82, 2.24) is 10.2 Å². The van der Waals surface area contributed by atoms with Crippen LogP contribution in [0.2, 0.25) is 0 Å². The van der Waals surface area contributed by atoms with E-state index in [0.29, 0.717) is 5.56 Å². The van der Waals surface area contributed by atoms with Crippen molar-refractivity contribution >= 4 is 17.9 Å². The molecule has 3 N–H and O–H groups in total. The molecule has 0 spiro atoms. The molecule has 0 bridgehead atoms. The first-order chi connectivity index (χ1) is 11.0. The normalized spacial score (nSPS) is 19.6. The quantitative estimate of drug-likeness (QED) is 0.832. The number of hydrogen-bond donors (Lipinski definition) is 2. The molecule has 23 heavy (non-hydrogen) atoms. The fourth-order valence-corrected chi connectivity index (χ4v) is 2.93. The number of nitrogens with zero attached hydrogens (tertiary/aromatic N) is 1. The Morgan fingerprint density at radius 3 is 2.61 bits per heavy atom. The van der Waals surface area contributed by atoms with Gasteiger partial charge in [-0.1, -0.05) is 12.1 Å². The zero-order chi connectivity index (χ0) is 16.8. The first kappa shape index (κ1) is 17.2. The van der Waals surface area contributed by atoms with E-state index in [1.165, 1.54) is 0 Å². The van der Waals surface area contributed by atoms with Crippen LogP contribution in [0, 0.1) is 0 Å². The topological polar surface area (TPSA) is 75.4 Å². The Hall–Kier alpha value is -2.14. The minimum Gasteiger partial charge on any atom is -0.355 e. The van der Waals surface area contributed by atoms with Gasteiger partial charge in [0.1, 0.15) is 0 Å². The number of nitrogens with one attached hydrogen (secondary N) is 1. The molecule has 1 heterocycles. The summed E-state index contributed by atoms with van der Waals surface area (Å²) in [4.78, 5) is 25.8. The number of nitrogens with two attached hydrogens (primary N) is 1. The Balaban J connectivity index is 2.03. The predicted octanol–water partition coefficient (Wildman–Crippen LogP) is 1.79. The van der Waals surface area contributed by atoms with Crippen molar-refractivity contribution in [1.29, 1.82) is 0 Å². The summed E-state index contributed by atoms with van der Waals surface area (Å²) in [6, 6.07) is 7.25. The van der Waals surface area contributed by atoms with E-state index in [-0.39, 0.29) is 23.9 Å². The van der Waals surface area contributed by atoms with E-state index in [4.69, 9.17) is 5.73 Å². The highest BCUT2D eigenvalue weighted by Gasteiger charge is 2.27. The van der Waals surface area contributed by atoms with Crippen LogP contribution < -0.4 is 11.1 Å². The van der Waals surface area contributed by atoms with Crippen LogP contribution in [0.3, 0.4) is 0 Å². The summed E-state index contributed by atoms with van der Waals surface area (Å²) in [6.07, 6.45) is 6.50. The van der Waals surface area contributed by atoms with Gasteiger partial charge in [-0.3, -0.25) is 9.59 Å². The molecule has 0 saturated carbocycles. The van der Waals surface area contributed by atoms with Gasteiger partial charge in [-0.05, 0) is 50.0 Å². The first-order valence-electron chi connectivity index (χ1n) is 8.09. The smallest absolute Gasteiger partial charge is 0.251 e. The number of amides is 2. The molecule has 1 fully saturated rings. The molecule has 2 amide bonds. The van der Waals surface area contributed by atoms with Crippen LogP contribution in [-0.4, -0.2) is 42.4 Å². The van der Waals surface area contributed by atoms with E-state index >= 15 is 0 Å². The number of carbonyl (C=O) groups is 2. The lowest BCUT2D eigenvalue weighted by molar-refractivity contribution is -0.129. The second-order valence-corrected chi connectivity index (χ2v) is 5.99. The maximum absolute atomic E-state index is 12.4. The zero-order valence-corrected chi connectivity index (χ0v) is 13.8. The van der Waals surface area contributed by atoms with Gasteiger partial charge in [0.15, 0.2) is 0 Å². The van der Waals surface area contributed by atoms with E-state index in [2.05, 4.69) is 5.32 Å². The third-order valence-electron chi connectivity index (χ3n) is 4.26. The van der Waals surface area contributed by atoms with E-state index in [1.54, 1.807) is 31.3 Å². The molecule has 2 rings (SSSR count). The lowest BCUT2D eigenvalue weighted by Gasteiger charge is -2.37. The molecule has 1 aliphatic rings. The van der Waals surface area contributed by atoms with Gasteiger partial charge in [-0.2, -0.15) is 0 Å². The number of benzene rings is 1. The number of carbonyl (C=O) groups excluding carboxylic acids is 2. The molecule has 2 unspecified atom stereocenters. The molecule has 124 valence electrons. The molecule has 5 nitrogen and oxygen atoms in total. The molecule has 1 saturated heterocycles. The lowest BCUT2D eigenvalue weighted by atomic mass is 9.97. The van der Waals surface area contributed by atoms with Gasteiger partial charge in [-0.15, -0.1) is 0 Å². The van der Waals surface area contributed by atoms with Crippen LogP contribution in [0.25, 0.3) is 6.08 Å². The highest BCUT2D eigenvalue weighted by Crippen LogP contribution is 2.19. The molecule has 0 aromatic heterocycles. The maximum atomic E-state index is 12.4. The molecule has 5 heteroatoms. The van der Waals surface area contributed by atoms with Crippen molar-refractivity contribution < 1.29 is 9.59 Å².